The molecule has 134 valence electrons. The van der Waals surface area contributed by atoms with Crippen molar-refractivity contribution in [1.29, 1.82) is 0 Å². The third-order valence-corrected chi connectivity index (χ3v) is 6.00. The molecule has 0 spiro atoms. The molecule has 0 aromatic carbocycles. The molecule has 0 fully saturated rings. The van der Waals surface area contributed by atoms with Crippen LogP contribution in [0.2, 0.25) is 0 Å². The Morgan fingerprint density at radius 2 is 1.23 bits per heavy atom. The Bertz CT molecular complexity index is 230. The molecule has 0 aromatic rings. The van der Waals surface area contributed by atoms with Gasteiger partial charge in [-0.05, 0) is 29.6 Å². The van der Waals surface area contributed by atoms with E-state index >= 15 is 0 Å². The zero-order valence-electron chi connectivity index (χ0n) is 17.0. The fourth-order valence-electron chi connectivity index (χ4n) is 3.60. The predicted molar refractivity (Wildman–Crippen MR) is 103 cm³/mol. The van der Waals surface area contributed by atoms with Crippen LogP contribution in [0.25, 0.3) is 0 Å². The molecule has 0 rings (SSSR count). The summed E-state index contributed by atoms with van der Waals surface area (Å²) in [6.45, 7) is 16.8. The Morgan fingerprint density at radius 1 is 0.545 bits per heavy atom. The van der Waals surface area contributed by atoms with Gasteiger partial charge in [0.15, 0.2) is 0 Å². The van der Waals surface area contributed by atoms with Crippen molar-refractivity contribution in [3.8, 4) is 0 Å². The molecule has 0 N–H and O–H groups in total. The van der Waals surface area contributed by atoms with Crippen LogP contribution in [0.1, 0.15) is 113 Å². The molecule has 22 heavy (non-hydrogen) atoms. The molecule has 0 aliphatic heterocycles. The van der Waals surface area contributed by atoms with E-state index < -0.39 is 0 Å². The highest BCUT2D eigenvalue weighted by Gasteiger charge is 2.17. The maximum atomic E-state index is 2.52. The zero-order chi connectivity index (χ0) is 17.0. The van der Waals surface area contributed by atoms with E-state index in [1.54, 1.807) is 0 Å². The molecule has 0 nitrogen and oxygen atoms in total. The molecule has 4 atom stereocenters. The van der Waals surface area contributed by atoms with Crippen molar-refractivity contribution in [2.24, 2.45) is 29.6 Å². The largest absolute Gasteiger partial charge is 0.0654 e. The molecule has 0 aromatic heterocycles. The van der Waals surface area contributed by atoms with Crippen molar-refractivity contribution in [3.63, 3.8) is 0 Å². The van der Waals surface area contributed by atoms with Crippen molar-refractivity contribution in [2.45, 2.75) is 113 Å². The summed E-state index contributed by atoms with van der Waals surface area (Å²) in [4.78, 5) is 0. The van der Waals surface area contributed by atoms with Gasteiger partial charge in [-0.25, -0.2) is 0 Å². The van der Waals surface area contributed by atoms with Crippen molar-refractivity contribution < 1.29 is 0 Å². The second-order valence-electron chi connectivity index (χ2n) is 8.50. The molecule has 0 aliphatic carbocycles. The standard InChI is InChI=1S/C22H46/c1-8-10-15-22(12-9-2)21(7)17-16-19(5)13-11-14-20(6)18(3)4/h18-22H,8-17H2,1-7H3. The summed E-state index contributed by atoms with van der Waals surface area (Å²) >= 11 is 0. The molecule has 0 heteroatoms. The van der Waals surface area contributed by atoms with Gasteiger partial charge in [0.25, 0.3) is 0 Å². The highest BCUT2D eigenvalue weighted by Crippen LogP contribution is 2.29. The monoisotopic (exact) mass is 310 g/mol. The first-order chi connectivity index (χ1) is 10.4. The first-order valence-corrected chi connectivity index (χ1v) is 10.4. The van der Waals surface area contributed by atoms with Crippen LogP contribution in [-0.4, -0.2) is 0 Å². The van der Waals surface area contributed by atoms with Gasteiger partial charge in [0.1, 0.15) is 0 Å². The highest BCUT2D eigenvalue weighted by molar-refractivity contribution is 4.68. The summed E-state index contributed by atoms with van der Waals surface area (Å²) in [7, 11) is 0. The van der Waals surface area contributed by atoms with Gasteiger partial charge >= 0.3 is 0 Å². The first kappa shape index (κ1) is 22.0. The molecule has 0 aliphatic rings. The summed E-state index contributed by atoms with van der Waals surface area (Å²) in [6, 6.07) is 0. The van der Waals surface area contributed by atoms with Crippen LogP contribution in [-0.2, 0) is 0 Å². The second kappa shape index (κ2) is 13.4. The van der Waals surface area contributed by atoms with Gasteiger partial charge in [-0.1, -0.05) is 113 Å². The van der Waals surface area contributed by atoms with Crippen LogP contribution in [0.4, 0.5) is 0 Å². The van der Waals surface area contributed by atoms with Crippen molar-refractivity contribution in [2.75, 3.05) is 0 Å². The second-order valence-corrected chi connectivity index (χ2v) is 8.50. The summed E-state index contributed by atoms with van der Waals surface area (Å²) in [5.74, 6) is 4.59. The minimum Gasteiger partial charge on any atom is -0.0654 e. The molecule has 0 saturated carbocycles. The van der Waals surface area contributed by atoms with Crippen molar-refractivity contribution in [3.05, 3.63) is 0 Å². The molecule has 0 amide bonds. The van der Waals surface area contributed by atoms with Crippen LogP contribution in [0.15, 0.2) is 0 Å². The van der Waals surface area contributed by atoms with E-state index in [9.17, 15) is 0 Å². The summed E-state index contributed by atoms with van der Waals surface area (Å²) in [5, 5.41) is 0. The van der Waals surface area contributed by atoms with Gasteiger partial charge in [0, 0.05) is 0 Å². The lowest BCUT2D eigenvalue weighted by atomic mass is 9.81. The molecular weight excluding hydrogens is 264 g/mol. The molecule has 0 radical (unpaired) electrons. The van der Waals surface area contributed by atoms with E-state index in [2.05, 4.69) is 48.5 Å². The van der Waals surface area contributed by atoms with E-state index in [0.717, 1.165) is 29.6 Å². The number of hydrogen-bond donors (Lipinski definition) is 0. The average Bonchev–Trinajstić information content (AvgIpc) is 2.48. The minimum atomic E-state index is 0.851. The number of rotatable bonds is 14. The van der Waals surface area contributed by atoms with E-state index in [1.165, 1.54) is 64.2 Å². The third kappa shape index (κ3) is 10.7. The van der Waals surface area contributed by atoms with Gasteiger partial charge in [-0.2, -0.15) is 0 Å². The van der Waals surface area contributed by atoms with Crippen LogP contribution in [0.3, 0.4) is 0 Å². The average molecular weight is 311 g/mol. The summed E-state index contributed by atoms with van der Waals surface area (Å²) < 4.78 is 0. The maximum Gasteiger partial charge on any atom is -0.0389 e. The molecule has 4 unspecified atom stereocenters. The van der Waals surface area contributed by atoms with Crippen molar-refractivity contribution >= 4 is 0 Å². The van der Waals surface area contributed by atoms with Gasteiger partial charge in [-0.15, -0.1) is 0 Å². The summed E-state index contributed by atoms with van der Waals surface area (Å²) in [5.41, 5.74) is 0. The SMILES string of the molecule is CCCCC(CCC)C(C)CCC(C)CCCC(C)C(C)C. The quantitative estimate of drug-likeness (QED) is 0.304. The highest BCUT2D eigenvalue weighted by atomic mass is 14.2. The Morgan fingerprint density at radius 3 is 1.77 bits per heavy atom. The van der Waals surface area contributed by atoms with Crippen LogP contribution in [0.5, 0.6) is 0 Å². The topological polar surface area (TPSA) is 0 Å². The lowest BCUT2D eigenvalue weighted by Crippen LogP contribution is -2.13. The molecular formula is C22H46. The van der Waals surface area contributed by atoms with Crippen LogP contribution in [0, 0.1) is 29.6 Å². The van der Waals surface area contributed by atoms with Crippen LogP contribution >= 0.6 is 0 Å². The van der Waals surface area contributed by atoms with E-state index in [0.29, 0.717) is 0 Å². The van der Waals surface area contributed by atoms with Gasteiger partial charge in [0.2, 0.25) is 0 Å². The molecule has 0 bridgehead atoms. The fourth-order valence-corrected chi connectivity index (χ4v) is 3.60. The Labute approximate surface area is 142 Å². The number of hydrogen-bond acceptors (Lipinski definition) is 0. The number of unbranched alkanes of at least 4 members (excludes halogenated alkanes) is 1. The lowest BCUT2D eigenvalue weighted by molar-refractivity contribution is 0.267. The normalized spacial score (nSPS) is 17.5. The first-order valence-electron chi connectivity index (χ1n) is 10.4. The molecule has 0 heterocycles. The fraction of sp³-hybridized carbons (Fsp3) is 1.00. The smallest absolute Gasteiger partial charge is 0.0389 e. The van der Waals surface area contributed by atoms with E-state index in [1.807, 2.05) is 0 Å². The Kier molecular flexibility index (Phi) is 13.4. The van der Waals surface area contributed by atoms with Gasteiger partial charge in [-0.3, -0.25) is 0 Å². The van der Waals surface area contributed by atoms with Crippen molar-refractivity contribution in [1.82, 2.24) is 0 Å². The van der Waals surface area contributed by atoms with E-state index in [-0.39, 0.29) is 0 Å². The predicted octanol–water partition coefficient (Wildman–Crippen LogP) is 8.11. The van der Waals surface area contributed by atoms with Gasteiger partial charge < -0.3 is 0 Å². The summed E-state index contributed by atoms with van der Waals surface area (Å²) in [6.07, 6.45) is 14.3. The minimum absolute atomic E-state index is 0.851. The molecule has 0 saturated heterocycles. The zero-order valence-corrected chi connectivity index (χ0v) is 17.0. The Hall–Kier alpha value is 0. The third-order valence-electron chi connectivity index (χ3n) is 6.00. The Balaban J connectivity index is 3.92. The van der Waals surface area contributed by atoms with Gasteiger partial charge in [0.05, 0.1) is 0 Å². The lowest BCUT2D eigenvalue weighted by Gasteiger charge is -2.25. The van der Waals surface area contributed by atoms with E-state index in [4.69, 9.17) is 0 Å². The van der Waals surface area contributed by atoms with Crippen LogP contribution < -0.4 is 0 Å². The maximum absolute atomic E-state index is 2.52.